The highest BCUT2D eigenvalue weighted by Gasteiger charge is 2.27. The SMILES string of the molecule is CCN(Cc1ccccc1)C(=O)C1CCNC(C)C1. The van der Waals surface area contributed by atoms with Gasteiger partial charge in [0, 0.05) is 25.0 Å². The van der Waals surface area contributed by atoms with E-state index < -0.39 is 0 Å². The molecule has 19 heavy (non-hydrogen) atoms. The van der Waals surface area contributed by atoms with E-state index in [1.807, 2.05) is 23.1 Å². The molecular weight excluding hydrogens is 236 g/mol. The Morgan fingerprint density at radius 1 is 1.37 bits per heavy atom. The number of rotatable bonds is 4. The third-order valence-electron chi connectivity index (χ3n) is 3.88. The average molecular weight is 260 g/mol. The van der Waals surface area contributed by atoms with E-state index in [9.17, 15) is 4.79 Å². The van der Waals surface area contributed by atoms with Crippen molar-refractivity contribution in [1.29, 1.82) is 0 Å². The van der Waals surface area contributed by atoms with Crippen molar-refractivity contribution in [2.75, 3.05) is 13.1 Å². The van der Waals surface area contributed by atoms with Crippen LogP contribution in [0.2, 0.25) is 0 Å². The summed E-state index contributed by atoms with van der Waals surface area (Å²) in [4.78, 5) is 14.6. The van der Waals surface area contributed by atoms with Gasteiger partial charge in [-0.25, -0.2) is 0 Å². The molecule has 1 amide bonds. The molecular formula is C16H24N2O. The third kappa shape index (κ3) is 3.80. The van der Waals surface area contributed by atoms with Gasteiger partial charge in [0.15, 0.2) is 0 Å². The fraction of sp³-hybridized carbons (Fsp3) is 0.562. The Hall–Kier alpha value is -1.35. The first kappa shape index (κ1) is 14.1. The van der Waals surface area contributed by atoms with Gasteiger partial charge < -0.3 is 10.2 Å². The lowest BCUT2D eigenvalue weighted by molar-refractivity contribution is -0.137. The smallest absolute Gasteiger partial charge is 0.226 e. The molecule has 0 saturated carbocycles. The maximum Gasteiger partial charge on any atom is 0.226 e. The summed E-state index contributed by atoms with van der Waals surface area (Å²) in [5, 5.41) is 3.40. The minimum Gasteiger partial charge on any atom is -0.338 e. The lowest BCUT2D eigenvalue weighted by atomic mass is 9.92. The molecule has 104 valence electrons. The van der Waals surface area contributed by atoms with Crippen molar-refractivity contribution in [2.24, 2.45) is 5.92 Å². The Morgan fingerprint density at radius 3 is 2.74 bits per heavy atom. The first-order valence-electron chi connectivity index (χ1n) is 7.26. The Morgan fingerprint density at radius 2 is 2.11 bits per heavy atom. The molecule has 1 aliphatic heterocycles. The Kier molecular flexibility index (Phi) is 4.97. The molecule has 1 fully saturated rings. The zero-order valence-corrected chi connectivity index (χ0v) is 11.9. The molecule has 1 aromatic carbocycles. The summed E-state index contributed by atoms with van der Waals surface area (Å²) in [6, 6.07) is 10.7. The van der Waals surface area contributed by atoms with Gasteiger partial charge in [-0.3, -0.25) is 4.79 Å². The fourth-order valence-corrected chi connectivity index (χ4v) is 2.76. The van der Waals surface area contributed by atoms with Crippen molar-refractivity contribution in [3.8, 4) is 0 Å². The Bertz CT molecular complexity index is 404. The van der Waals surface area contributed by atoms with E-state index in [0.29, 0.717) is 11.9 Å². The summed E-state index contributed by atoms with van der Waals surface area (Å²) in [6.45, 7) is 6.69. The molecule has 1 N–H and O–H groups in total. The number of amides is 1. The van der Waals surface area contributed by atoms with E-state index in [2.05, 4.69) is 31.3 Å². The van der Waals surface area contributed by atoms with E-state index in [4.69, 9.17) is 0 Å². The molecule has 1 heterocycles. The summed E-state index contributed by atoms with van der Waals surface area (Å²) in [7, 11) is 0. The van der Waals surface area contributed by atoms with Gasteiger partial charge in [0.05, 0.1) is 0 Å². The molecule has 1 aliphatic rings. The number of piperidine rings is 1. The Labute approximate surface area is 116 Å². The van der Waals surface area contributed by atoms with Crippen LogP contribution in [-0.2, 0) is 11.3 Å². The van der Waals surface area contributed by atoms with Crippen LogP contribution in [0.3, 0.4) is 0 Å². The molecule has 3 heteroatoms. The largest absolute Gasteiger partial charge is 0.338 e. The molecule has 0 bridgehead atoms. The maximum absolute atomic E-state index is 12.6. The van der Waals surface area contributed by atoms with Crippen molar-refractivity contribution in [2.45, 2.75) is 39.3 Å². The number of nitrogens with one attached hydrogen (secondary N) is 1. The lowest BCUT2D eigenvalue weighted by Gasteiger charge is -2.31. The molecule has 1 aromatic rings. The summed E-state index contributed by atoms with van der Waals surface area (Å²) >= 11 is 0. The maximum atomic E-state index is 12.6. The monoisotopic (exact) mass is 260 g/mol. The topological polar surface area (TPSA) is 32.3 Å². The number of hydrogen-bond acceptors (Lipinski definition) is 2. The predicted octanol–water partition coefficient (Wildman–Crippen LogP) is 2.42. The van der Waals surface area contributed by atoms with Crippen molar-refractivity contribution in [3.63, 3.8) is 0 Å². The van der Waals surface area contributed by atoms with Gasteiger partial charge in [0.1, 0.15) is 0 Å². The number of carbonyl (C=O) groups excluding carboxylic acids is 1. The highest BCUT2D eigenvalue weighted by atomic mass is 16.2. The molecule has 2 rings (SSSR count). The van der Waals surface area contributed by atoms with Gasteiger partial charge in [-0.2, -0.15) is 0 Å². The van der Waals surface area contributed by atoms with Crippen LogP contribution in [0.1, 0.15) is 32.3 Å². The molecule has 0 radical (unpaired) electrons. The van der Waals surface area contributed by atoms with Crippen LogP contribution < -0.4 is 5.32 Å². The molecule has 0 spiro atoms. The summed E-state index contributed by atoms with van der Waals surface area (Å²) < 4.78 is 0. The molecule has 0 aromatic heterocycles. The zero-order chi connectivity index (χ0) is 13.7. The van der Waals surface area contributed by atoms with Crippen LogP contribution in [0.5, 0.6) is 0 Å². The van der Waals surface area contributed by atoms with E-state index >= 15 is 0 Å². The normalized spacial score (nSPS) is 23.1. The zero-order valence-electron chi connectivity index (χ0n) is 11.9. The van der Waals surface area contributed by atoms with Crippen molar-refractivity contribution in [3.05, 3.63) is 35.9 Å². The first-order chi connectivity index (χ1) is 9.20. The molecule has 2 unspecified atom stereocenters. The van der Waals surface area contributed by atoms with Crippen LogP contribution in [0.25, 0.3) is 0 Å². The molecule has 2 atom stereocenters. The van der Waals surface area contributed by atoms with Crippen LogP contribution >= 0.6 is 0 Å². The van der Waals surface area contributed by atoms with E-state index in [1.54, 1.807) is 0 Å². The number of carbonyl (C=O) groups is 1. The number of nitrogens with zero attached hydrogens (tertiary/aromatic N) is 1. The van der Waals surface area contributed by atoms with E-state index in [0.717, 1.165) is 32.5 Å². The lowest BCUT2D eigenvalue weighted by Crippen LogP contribution is -2.43. The summed E-state index contributed by atoms with van der Waals surface area (Å²) in [5.74, 6) is 0.514. The molecule has 3 nitrogen and oxygen atoms in total. The van der Waals surface area contributed by atoms with Crippen LogP contribution in [0, 0.1) is 5.92 Å². The van der Waals surface area contributed by atoms with Crippen molar-refractivity contribution < 1.29 is 4.79 Å². The van der Waals surface area contributed by atoms with Gasteiger partial charge >= 0.3 is 0 Å². The van der Waals surface area contributed by atoms with Crippen molar-refractivity contribution in [1.82, 2.24) is 10.2 Å². The quantitative estimate of drug-likeness (QED) is 0.901. The van der Waals surface area contributed by atoms with Gasteiger partial charge in [-0.15, -0.1) is 0 Å². The highest BCUT2D eigenvalue weighted by Crippen LogP contribution is 2.20. The first-order valence-corrected chi connectivity index (χ1v) is 7.26. The van der Waals surface area contributed by atoms with Gasteiger partial charge in [0.2, 0.25) is 5.91 Å². The van der Waals surface area contributed by atoms with Gasteiger partial charge in [0.25, 0.3) is 0 Å². The van der Waals surface area contributed by atoms with Gasteiger partial charge in [-0.05, 0) is 38.8 Å². The van der Waals surface area contributed by atoms with E-state index in [1.165, 1.54) is 5.56 Å². The average Bonchev–Trinajstić information content (AvgIpc) is 2.45. The second-order valence-corrected chi connectivity index (χ2v) is 5.41. The number of benzene rings is 1. The standard InChI is InChI=1S/C16H24N2O/c1-3-18(12-14-7-5-4-6-8-14)16(19)15-9-10-17-13(2)11-15/h4-8,13,15,17H,3,9-12H2,1-2H3. The van der Waals surface area contributed by atoms with Crippen LogP contribution in [0.15, 0.2) is 30.3 Å². The Balaban J connectivity index is 1.98. The minimum absolute atomic E-state index is 0.194. The molecule has 1 saturated heterocycles. The summed E-state index contributed by atoms with van der Waals surface area (Å²) in [6.07, 6.45) is 1.93. The minimum atomic E-state index is 0.194. The second kappa shape index (κ2) is 6.71. The molecule has 0 aliphatic carbocycles. The van der Waals surface area contributed by atoms with E-state index in [-0.39, 0.29) is 5.92 Å². The second-order valence-electron chi connectivity index (χ2n) is 5.41. The fourth-order valence-electron chi connectivity index (χ4n) is 2.76. The number of hydrogen-bond donors (Lipinski definition) is 1. The van der Waals surface area contributed by atoms with Crippen LogP contribution in [-0.4, -0.2) is 29.9 Å². The summed E-state index contributed by atoms with van der Waals surface area (Å²) in [5.41, 5.74) is 1.21. The van der Waals surface area contributed by atoms with Crippen LogP contribution in [0.4, 0.5) is 0 Å². The van der Waals surface area contributed by atoms with Gasteiger partial charge in [-0.1, -0.05) is 30.3 Å². The van der Waals surface area contributed by atoms with Crippen molar-refractivity contribution >= 4 is 5.91 Å². The highest BCUT2D eigenvalue weighted by molar-refractivity contribution is 5.79. The third-order valence-corrected chi connectivity index (χ3v) is 3.88. The predicted molar refractivity (Wildman–Crippen MR) is 77.7 cm³/mol.